The molecule has 0 spiro atoms. The maximum absolute atomic E-state index is 10.2. The Balaban J connectivity index is 2.50. The van der Waals surface area contributed by atoms with Crippen LogP contribution in [-0.4, -0.2) is 49.0 Å². The molecule has 0 bridgehead atoms. The van der Waals surface area contributed by atoms with Crippen molar-refractivity contribution in [1.82, 2.24) is 4.90 Å². The molecule has 0 saturated heterocycles. The molecular formula is C14H29NO2. The van der Waals surface area contributed by atoms with E-state index in [1.54, 1.807) is 7.11 Å². The molecule has 1 fully saturated rings. The van der Waals surface area contributed by atoms with Gasteiger partial charge >= 0.3 is 0 Å². The van der Waals surface area contributed by atoms with Crippen LogP contribution in [0.5, 0.6) is 0 Å². The van der Waals surface area contributed by atoms with Gasteiger partial charge in [0, 0.05) is 19.7 Å². The summed E-state index contributed by atoms with van der Waals surface area (Å²) in [4.78, 5) is 2.38. The zero-order valence-corrected chi connectivity index (χ0v) is 11.7. The number of methoxy groups -OCH3 is 1. The number of hydrogen-bond donors (Lipinski definition) is 1. The number of hydrogen-bond acceptors (Lipinski definition) is 3. The average Bonchev–Trinajstić information content (AvgIpc) is 2.34. The summed E-state index contributed by atoms with van der Waals surface area (Å²) in [5, 5.41) is 10.2. The van der Waals surface area contributed by atoms with Crippen LogP contribution in [0.1, 0.15) is 46.0 Å². The van der Waals surface area contributed by atoms with E-state index in [0.717, 1.165) is 38.5 Å². The highest BCUT2D eigenvalue weighted by molar-refractivity contribution is 4.86. The van der Waals surface area contributed by atoms with Crippen LogP contribution in [0.15, 0.2) is 0 Å². The van der Waals surface area contributed by atoms with Crippen molar-refractivity contribution < 1.29 is 9.84 Å². The highest BCUT2D eigenvalue weighted by atomic mass is 16.5. The molecule has 0 aromatic carbocycles. The Labute approximate surface area is 106 Å². The van der Waals surface area contributed by atoms with Crippen LogP contribution in [0.25, 0.3) is 0 Å². The maximum Gasteiger partial charge on any atom is 0.0695 e. The summed E-state index contributed by atoms with van der Waals surface area (Å²) in [5.41, 5.74) is 0. The predicted octanol–water partition coefficient (Wildman–Crippen LogP) is 2.28. The summed E-state index contributed by atoms with van der Waals surface area (Å²) < 4.78 is 5.15. The van der Waals surface area contributed by atoms with Crippen molar-refractivity contribution in [2.45, 2.75) is 58.1 Å². The fourth-order valence-electron chi connectivity index (χ4n) is 3.05. The van der Waals surface area contributed by atoms with Crippen LogP contribution in [0.3, 0.4) is 0 Å². The standard InChI is InChI=1S/C14H29NO2/c1-4-6-12-7-8-14(16)13(11-12)15(5-2)9-10-17-3/h12-14,16H,4-11H2,1-3H3. The number of aliphatic hydroxyl groups is 1. The molecule has 1 saturated carbocycles. The summed E-state index contributed by atoms with van der Waals surface area (Å²) in [6.45, 7) is 7.13. The minimum Gasteiger partial charge on any atom is -0.391 e. The second kappa shape index (κ2) is 8.06. The van der Waals surface area contributed by atoms with Gasteiger partial charge in [0.2, 0.25) is 0 Å². The largest absolute Gasteiger partial charge is 0.391 e. The van der Waals surface area contributed by atoms with E-state index in [1.165, 1.54) is 19.3 Å². The van der Waals surface area contributed by atoms with Gasteiger partial charge in [-0.05, 0) is 31.7 Å². The Morgan fingerprint density at radius 3 is 2.65 bits per heavy atom. The van der Waals surface area contributed by atoms with Crippen molar-refractivity contribution in [2.75, 3.05) is 26.8 Å². The average molecular weight is 243 g/mol. The van der Waals surface area contributed by atoms with Gasteiger partial charge in [-0.1, -0.05) is 26.7 Å². The topological polar surface area (TPSA) is 32.7 Å². The van der Waals surface area contributed by atoms with Gasteiger partial charge in [-0.15, -0.1) is 0 Å². The Morgan fingerprint density at radius 1 is 1.29 bits per heavy atom. The lowest BCUT2D eigenvalue weighted by atomic mass is 9.81. The molecule has 3 heteroatoms. The van der Waals surface area contributed by atoms with E-state index in [9.17, 15) is 5.11 Å². The second-order valence-electron chi connectivity index (χ2n) is 5.22. The van der Waals surface area contributed by atoms with Gasteiger partial charge in [-0.3, -0.25) is 4.90 Å². The van der Waals surface area contributed by atoms with E-state index in [1.807, 2.05) is 0 Å². The predicted molar refractivity (Wildman–Crippen MR) is 71.2 cm³/mol. The van der Waals surface area contributed by atoms with E-state index in [4.69, 9.17) is 4.74 Å². The molecule has 0 aromatic heterocycles. The smallest absolute Gasteiger partial charge is 0.0695 e. The van der Waals surface area contributed by atoms with Gasteiger partial charge in [0.05, 0.1) is 12.7 Å². The molecule has 0 amide bonds. The van der Waals surface area contributed by atoms with Gasteiger partial charge < -0.3 is 9.84 Å². The van der Waals surface area contributed by atoms with E-state index in [-0.39, 0.29) is 6.10 Å². The lowest BCUT2D eigenvalue weighted by molar-refractivity contribution is -0.00499. The second-order valence-corrected chi connectivity index (χ2v) is 5.22. The molecule has 0 aromatic rings. The zero-order chi connectivity index (χ0) is 12.7. The molecule has 1 rings (SSSR count). The first-order chi connectivity index (χ1) is 8.22. The third-order valence-corrected chi connectivity index (χ3v) is 4.04. The molecule has 17 heavy (non-hydrogen) atoms. The molecule has 102 valence electrons. The molecule has 3 unspecified atom stereocenters. The highest BCUT2D eigenvalue weighted by Gasteiger charge is 2.32. The number of ether oxygens (including phenoxy) is 1. The van der Waals surface area contributed by atoms with Gasteiger partial charge in [-0.2, -0.15) is 0 Å². The summed E-state index contributed by atoms with van der Waals surface area (Å²) in [5.74, 6) is 0.810. The molecule has 3 atom stereocenters. The van der Waals surface area contributed by atoms with E-state index in [2.05, 4.69) is 18.7 Å². The van der Waals surface area contributed by atoms with Gasteiger partial charge in [-0.25, -0.2) is 0 Å². The summed E-state index contributed by atoms with van der Waals surface area (Å²) in [6, 6.07) is 0.348. The molecule has 1 aliphatic carbocycles. The zero-order valence-electron chi connectivity index (χ0n) is 11.7. The molecule has 0 radical (unpaired) electrons. The van der Waals surface area contributed by atoms with Gasteiger partial charge in [0.1, 0.15) is 0 Å². The van der Waals surface area contributed by atoms with Crippen LogP contribution in [-0.2, 0) is 4.74 Å². The maximum atomic E-state index is 10.2. The Hall–Kier alpha value is -0.120. The fourth-order valence-corrected chi connectivity index (χ4v) is 3.05. The molecule has 1 aliphatic rings. The summed E-state index contributed by atoms with van der Waals surface area (Å²) in [7, 11) is 1.74. The molecule has 3 nitrogen and oxygen atoms in total. The monoisotopic (exact) mass is 243 g/mol. The normalized spacial score (nSPS) is 29.8. The van der Waals surface area contributed by atoms with Gasteiger partial charge in [0.25, 0.3) is 0 Å². The summed E-state index contributed by atoms with van der Waals surface area (Å²) >= 11 is 0. The molecule has 0 aliphatic heterocycles. The third kappa shape index (κ3) is 4.57. The number of nitrogens with zero attached hydrogens (tertiary/aromatic N) is 1. The van der Waals surface area contributed by atoms with Crippen molar-refractivity contribution in [3.8, 4) is 0 Å². The fraction of sp³-hybridized carbons (Fsp3) is 1.00. The van der Waals surface area contributed by atoms with Crippen LogP contribution in [0, 0.1) is 5.92 Å². The first-order valence-electron chi connectivity index (χ1n) is 7.13. The van der Waals surface area contributed by atoms with E-state index in [0.29, 0.717) is 6.04 Å². The first kappa shape index (κ1) is 14.9. The number of aliphatic hydroxyl groups excluding tert-OH is 1. The van der Waals surface area contributed by atoms with Crippen molar-refractivity contribution in [3.05, 3.63) is 0 Å². The van der Waals surface area contributed by atoms with E-state index >= 15 is 0 Å². The summed E-state index contributed by atoms with van der Waals surface area (Å²) in [6.07, 6.45) is 5.77. The number of rotatable bonds is 7. The molecule has 1 N–H and O–H groups in total. The van der Waals surface area contributed by atoms with Crippen molar-refractivity contribution in [1.29, 1.82) is 0 Å². The van der Waals surface area contributed by atoms with Crippen LogP contribution < -0.4 is 0 Å². The van der Waals surface area contributed by atoms with Crippen LogP contribution >= 0.6 is 0 Å². The lowest BCUT2D eigenvalue weighted by Gasteiger charge is -2.40. The van der Waals surface area contributed by atoms with Crippen molar-refractivity contribution in [3.63, 3.8) is 0 Å². The van der Waals surface area contributed by atoms with Crippen LogP contribution in [0.4, 0.5) is 0 Å². The third-order valence-electron chi connectivity index (χ3n) is 4.04. The van der Waals surface area contributed by atoms with Crippen molar-refractivity contribution in [2.24, 2.45) is 5.92 Å². The lowest BCUT2D eigenvalue weighted by Crippen LogP contribution is -2.48. The minimum absolute atomic E-state index is 0.139. The van der Waals surface area contributed by atoms with Crippen LogP contribution in [0.2, 0.25) is 0 Å². The Kier molecular flexibility index (Phi) is 7.09. The first-order valence-corrected chi connectivity index (χ1v) is 7.13. The Morgan fingerprint density at radius 2 is 2.06 bits per heavy atom. The molecule has 0 heterocycles. The minimum atomic E-state index is -0.139. The SMILES string of the molecule is CCCC1CCC(O)C(N(CC)CCOC)C1. The van der Waals surface area contributed by atoms with Crippen molar-refractivity contribution >= 4 is 0 Å². The Bertz CT molecular complexity index is 199. The van der Waals surface area contributed by atoms with E-state index < -0.39 is 0 Å². The number of likely N-dealkylation sites (N-methyl/N-ethyl adjacent to an activating group) is 1. The quantitative estimate of drug-likeness (QED) is 0.744. The van der Waals surface area contributed by atoms with Gasteiger partial charge in [0.15, 0.2) is 0 Å². The highest BCUT2D eigenvalue weighted by Crippen LogP contribution is 2.30. The molecular weight excluding hydrogens is 214 g/mol.